The molecule has 0 saturated carbocycles. The molecule has 0 aliphatic heterocycles. The highest BCUT2D eigenvalue weighted by Crippen LogP contribution is 2.33. The summed E-state index contributed by atoms with van der Waals surface area (Å²) in [5, 5.41) is 0. The molecular formula is C9H14OSi. The average Bonchev–Trinajstić information content (AvgIpc) is 2.47. The summed E-state index contributed by atoms with van der Waals surface area (Å²) in [7, 11) is 0.857. The number of allylic oxidation sites excluding steroid dienone is 2. The molecule has 0 radical (unpaired) electrons. The van der Waals surface area contributed by atoms with E-state index in [0.717, 1.165) is 10.5 Å². The summed E-state index contributed by atoms with van der Waals surface area (Å²) in [6.45, 7) is 0. The molecule has 1 nitrogen and oxygen atoms in total. The maximum atomic E-state index is 5.47. The first kappa shape index (κ1) is 7.31. The predicted molar refractivity (Wildman–Crippen MR) is 49.4 cm³/mol. The van der Waals surface area contributed by atoms with Crippen LogP contribution in [0.4, 0.5) is 0 Å². The zero-order valence-electron chi connectivity index (χ0n) is 6.97. The zero-order chi connectivity index (χ0) is 7.68. The van der Waals surface area contributed by atoms with Crippen LogP contribution in [0.25, 0.3) is 0 Å². The highest BCUT2D eigenvalue weighted by atomic mass is 28.2. The van der Waals surface area contributed by atoms with Gasteiger partial charge in [0.2, 0.25) is 0 Å². The van der Waals surface area contributed by atoms with E-state index in [0.29, 0.717) is 6.10 Å². The smallest absolute Gasteiger partial charge is 0.147 e. The van der Waals surface area contributed by atoms with Gasteiger partial charge in [-0.2, -0.15) is 0 Å². The average molecular weight is 166 g/mol. The largest absolute Gasteiger partial charge is 0.418 e. The van der Waals surface area contributed by atoms with Gasteiger partial charge < -0.3 is 4.43 Å². The van der Waals surface area contributed by atoms with Crippen LogP contribution in [0, 0.1) is 0 Å². The zero-order valence-corrected chi connectivity index (χ0v) is 8.97. The van der Waals surface area contributed by atoms with Gasteiger partial charge in [0.1, 0.15) is 10.5 Å². The molecule has 0 amide bonds. The molecular weight excluding hydrogens is 152 g/mol. The van der Waals surface area contributed by atoms with Crippen LogP contribution in [0.2, 0.25) is 0 Å². The van der Waals surface area contributed by atoms with E-state index in [2.05, 4.69) is 12.2 Å². The van der Waals surface area contributed by atoms with Gasteiger partial charge >= 0.3 is 0 Å². The van der Waals surface area contributed by atoms with Crippen molar-refractivity contribution >= 4 is 10.5 Å². The van der Waals surface area contributed by atoms with Crippen molar-refractivity contribution in [3.05, 3.63) is 23.3 Å². The first-order valence-electron chi connectivity index (χ1n) is 4.35. The fourth-order valence-corrected chi connectivity index (χ4v) is 2.45. The molecule has 0 saturated heterocycles. The predicted octanol–water partition coefficient (Wildman–Crippen LogP) is 1.09. The lowest BCUT2D eigenvalue weighted by Crippen LogP contribution is -2.11. The Morgan fingerprint density at radius 1 is 1.36 bits per heavy atom. The third kappa shape index (κ3) is 1.21. The minimum absolute atomic E-state index is 0.372. The van der Waals surface area contributed by atoms with Crippen molar-refractivity contribution in [3.8, 4) is 0 Å². The van der Waals surface area contributed by atoms with Gasteiger partial charge in [0.05, 0.1) is 6.10 Å². The summed E-state index contributed by atoms with van der Waals surface area (Å²) < 4.78 is 5.47. The summed E-state index contributed by atoms with van der Waals surface area (Å²) in [6.07, 6.45) is 10.1. The van der Waals surface area contributed by atoms with Crippen LogP contribution in [0.5, 0.6) is 0 Å². The maximum absolute atomic E-state index is 5.47. The van der Waals surface area contributed by atoms with Gasteiger partial charge in [0, 0.05) is 0 Å². The monoisotopic (exact) mass is 166 g/mol. The second-order valence-electron chi connectivity index (χ2n) is 3.27. The van der Waals surface area contributed by atoms with Crippen LogP contribution in [0.15, 0.2) is 23.3 Å². The van der Waals surface area contributed by atoms with Crippen molar-refractivity contribution in [1.82, 2.24) is 0 Å². The van der Waals surface area contributed by atoms with Gasteiger partial charge in [-0.3, -0.25) is 0 Å². The fourth-order valence-electron chi connectivity index (χ4n) is 2.01. The van der Waals surface area contributed by atoms with E-state index in [1.165, 1.54) is 25.7 Å². The molecule has 0 bridgehead atoms. The standard InChI is InChI=1S/C9H14OSi/c11-10-9-6-5-7-3-1-2-4-8(7)9/h5-6,9H,1-4H2,11H3. The molecule has 0 fully saturated rings. The van der Waals surface area contributed by atoms with Crippen LogP contribution in [0.1, 0.15) is 25.7 Å². The number of hydrogen-bond donors (Lipinski definition) is 0. The van der Waals surface area contributed by atoms with Gasteiger partial charge in [0.25, 0.3) is 0 Å². The van der Waals surface area contributed by atoms with Crippen LogP contribution >= 0.6 is 0 Å². The van der Waals surface area contributed by atoms with Crippen molar-refractivity contribution in [2.24, 2.45) is 0 Å². The third-order valence-corrected chi connectivity index (χ3v) is 3.13. The third-order valence-electron chi connectivity index (χ3n) is 2.62. The van der Waals surface area contributed by atoms with Crippen molar-refractivity contribution in [3.63, 3.8) is 0 Å². The van der Waals surface area contributed by atoms with E-state index in [1.807, 2.05) is 0 Å². The summed E-state index contributed by atoms with van der Waals surface area (Å²) in [4.78, 5) is 0. The highest BCUT2D eigenvalue weighted by molar-refractivity contribution is 5.98. The summed E-state index contributed by atoms with van der Waals surface area (Å²) in [6, 6.07) is 0. The molecule has 2 aliphatic carbocycles. The molecule has 2 aliphatic rings. The van der Waals surface area contributed by atoms with Crippen LogP contribution < -0.4 is 0 Å². The van der Waals surface area contributed by atoms with Gasteiger partial charge in [-0.1, -0.05) is 12.2 Å². The van der Waals surface area contributed by atoms with E-state index in [1.54, 1.807) is 11.1 Å². The molecule has 11 heavy (non-hydrogen) atoms. The van der Waals surface area contributed by atoms with E-state index in [-0.39, 0.29) is 0 Å². The first-order valence-corrected chi connectivity index (χ1v) is 5.16. The van der Waals surface area contributed by atoms with Crippen LogP contribution in [0.3, 0.4) is 0 Å². The lowest BCUT2D eigenvalue weighted by Gasteiger charge is -2.18. The van der Waals surface area contributed by atoms with E-state index < -0.39 is 0 Å². The van der Waals surface area contributed by atoms with Crippen molar-refractivity contribution in [2.75, 3.05) is 0 Å². The molecule has 0 heterocycles. The van der Waals surface area contributed by atoms with Crippen molar-refractivity contribution < 1.29 is 4.43 Å². The molecule has 0 spiro atoms. The topological polar surface area (TPSA) is 9.23 Å². The van der Waals surface area contributed by atoms with Gasteiger partial charge in [-0.05, 0) is 36.8 Å². The lowest BCUT2D eigenvalue weighted by molar-refractivity contribution is 0.307. The molecule has 0 N–H and O–H groups in total. The Morgan fingerprint density at radius 3 is 3.00 bits per heavy atom. The van der Waals surface area contributed by atoms with Crippen molar-refractivity contribution in [1.29, 1.82) is 0 Å². The number of hydrogen-bond acceptors (Lipinski definition) is 1. The van der Waals surface area contributed by atoms with Gasteiger partial charge in [0.15, 0.2) is 0 Å². The second kappa shape index (κ2) is 2.95. The number of rotatable bonds is 1. The highest BCUT2D eigenvalue weighted by Gasteiger charge is 2.21. The minimum Gasteiger partial charge on any atom is -0.418 e. The normalized spacial score (nSPS) is 29.6. The molecule has 0 aromatic carbocycles. The Kier molecular flexibility index (Phi) is 1.96. The molecule has 0 aromatic heterocycles. The Bertz CT molecular complexity index is 218. The van der Waals surface area contributed by atoms with Crippen molar-refractivity contribution in [2.45, 2.75) is 31.8 Å². The Balaban J connectivity index is 2.21. The summed E-state index contributed by atoms with van der Waals surface area (Å²) >= 11 is 0. The Hall–Kier alpha value is -0.343. The molecule has 60 valence electrons. The second-order valence-corrected chi connectivity index (χ2v) is 3.74. The van der Waals surface area contributed by atoms with E-state index in [4.69, 9.17) is 4.43 Å². The van der Waals surface area contributed by atoms with Crippen LogP contribution in [-0.2, 0) is 4.43 Å². The lowest BCUT2D eigenvalue weighted by atomic mass is 9.93. The molecule has 2 rings (SSSR count). The quantitative estimate of drug-likeness (QED) is 0.530. The molecule has 1 atom stereocenters. The minimum atomic E-state index is 0.372. The summed E-state index contributed by atoms with van der Waals surface area (Å²) in [5.74, 6) is 0. The SMILES string of the molecule is [SiH3]OC1C=CC2=C1CCCC2. The van der Waals surface area contributed by atoms with E-state index >= 15 is 0 Å². The van der Waals surface area contributed by atoms with Gasteiger partial charge in [-0.15, -0.1) is 0 Å². The molecule has 2 heteroatoms. The van der Waals surface area contributed by atoms with Gasteiger partial charge in [-0.25, -0.2) is 0 Å². The summed E-state index contributed by atoms with van der Waals surface area (Å²) in [5.41, 5.74) is 3.14. The van der Waals surface area contributed by atoms with Crippen LogP contribution in [-0.4, -0.2) is 16.6 Å². The fraction of sp³-hybridized carbons (Fsp3) is 0.556. The Labute approximate surface area is 70.7 Å². The Morgan fingerprint density at radius 2 is 2.18 bits per heavy atom. The molecule has 0 aromatic rings. The maximum Gasteiger partial charge on any atom is 0.147 e. The first-order chi connectivity index (χ1) is 5.42. The molecule has 1 unspecified atom stereocenters. The van der Waals surface area contributed by atoms with E-state index in [9.17, 15) is 0 Å².